The molecule has 1 aromatic heterocycles. The number of hydrogen-bond acceptors (Lipinski definition) is 5. The molecule has 178 valence electrons. The number of benzene rings is 3. The Kier molecular flexibility index (Phi) is 6.08. The van der Waals surface area contributed by atoms with Crippen LogP contribution in [0.25, 0.3) is 11.0 Å². The Morgan fingerprint density at radius 1 is 1.03 bits per heavy atom. The molecule has 0 bridgehead atoms. The Hall–Kier alpha value is -3.62. The Balaban J connectivity index is 1.54. The molecule has 5 rings (SSSR count). The molecule has 10 heteroatoms. The second-order valence-corrected chi connectivity index (χ2v) is 9.20. The largest absolute Gasteiger partial charge is 0.465 e. The normalized spacial score (nSPS) is 17.1. The van der Waals surface area contributed by atoms with Crippen LogP contribution in [0.15, 0.2) is 60.7 Å². The van der Waals surface area contributed by atoms with Gasteiger partial charge in [0, 0.05) is 13.0 Å². The first-order valence-electron chi connectivity index (χ1n) is 10.9. The molecule has 1 N–H and O–H groups in total. The Labute approximate surface area is 210 Å². The molecule has 4 aromatic rings. The van der Waals surface area contributed by atoms with Gasteiger partial charge in [-0.1, -0.05) is 52.3 Å². The van der Waals surface area contributed by atoms with Gasteiger partial charge in [0.2, 0.25) is 0 Å². The molecule has 0 saturated heterocycles. The summed E-state index contributed by atoms with van der Waals surface area (Å²) in [7, 11) is 1.55. The highest BCUT2D eigenvalue weighted by Gasteiger charge is 2.33. The highest BCUT2D eigenvalue weighted by molar-refractivity contribution is 6.42. The number of carboxylic acid groups (broad SMARTS) is 1. The number of aromatic nitrogens is 3. The molecule has 8 nitrogen and oxygen atoms in total. The number of halogens is 2. The van der Waals surface area contributed by atoms with E-state index in [0.717, 1.165) is 21.5 Å². The third kappa shape index (κ3) is 4.31. The van der Waals surface area contributed by atoms with Crippen LogP contribution in [-0.4, -0.2) is 44.3 Å². The lowest BCUT2D eigenvalue weighted by Crippen LogP contribution is -2.33. The van der Waals surface area contributed by atoms with E-state index in [4.69, 9.17) is 28.0 Å². The quantitative estimate of drug-likeness (QED) is 0.359. The van der Waals surface area contributed by atoms with Gasteiger partial charge < -0.3 is 14.8 Å². The van der Waals surface area contributed by atoms with E-state index < -0.39 is 12.1 Å². The van der Waals surface area contributed by atoms with E-state index in [1.54, 1.807) is 49.5 Å². The van der Waals surface area contributed by atoms with Gasteiger partial charge >= 0.3 is 12.1 Å². The van der Waals surface area contributed by atoms with Crippen LogP contribution < -0.4 is 4.84 Å². The maximum atomic E-state index is 13.1. The highest BCUT2D eigenvalue weighted by atomic mass is 35.5. The van der Waals surface area contributed by atoms with Gasteiger partial charge in [-0.25, -0.2) is 9.59 Å². The summed E-state index contributed by atoms with van der Waals surface area (Å²) >= 11 is 12.4. The van der Waals surface area contributed by atoms with Gasteiger partial charge in [0.25, 0.3) is 0 Å². The van der Waals surface area contributed by atoms with E-state index in [0.29, 0.717) is 39.5 Å². The number of nitrogens with zero attached hydrogens (tertiary/aromatic N) is 4. The second kappa shape index (κ2) is 9.20. The van der Waals surface area contributed by atoms with E-state index in [1.807, 2.05) is 18.2 Å². The van der Waals surface area contributed by atoms with Crippen molar-refractivity contribution >= 4 is 46.3 Å². The molecular weight excluding hydrogens is 491 g/mol. The standard InChI is InChI=1S/C25H20Cl2N4O4/c1-30(25(33)34)22-11-9-16(14-7-10-19(26)20(27)13-14)18-12-15(6-8-17(18)22)24(32)35-31-23-5-3-2-4-21(23)28-29-31/h2-8,10,12-13,16,22H,9,11H2,1H3,(H,33,34)/t16-,22-/m0/s1. The van der Waals surface area contributed by atoms with Crippen molar-refractivity contribution in [2.24, 2.45) is 0 Å². The molecule has 3 aromatic carbocycles. The summed E-state index contributed by atoms with van der Waals surface area (Å²) in [6, 6.07) is 17.4. The molecule has 1 aliphatic rings. The number of hydrogen-bond donors (Lipinski definition) is 1. The van der Waals surface area contributed by atoms with Crippen LogP contribution in [0.4, 0.5) is 4.79 Å². The molecule has 1 aliphatic carbocycles. The van der Waals surface area contributed by atoms with Crippen LogP contribution in [0.3, 0.4) is 0 Å². The summed E-state index contributed by atoms with van der Waals surface area (Å²) in [6.07, 6.45) is 0.269. The first-order chi connectivity index (χ1) is 16.8. The summed E-state index contributed by atoms with van der Waals surface area (Å²) in [6.45, 7) is 0. The first-order valence-corrected chi connectivity index (χ1v) is 11.7. The number of carbonyl (C=O) groups excluding carboxylic acids is 1. The summed E-state index contributed by atoms with van der Waals surface area (Å²) in [5, 5.41) is 18.4. The van der Waals surface area contributed by atoms with Crippen molar-refractivity contribution in [1.82, 2.24) is 20.1 Å². The van der Waals surface area contributed by atoms with E-state index in [-0.39, 0.29) is 12.0 Å². The monoisotopic (exact) mass is 510 g/mol. The lowest BCUT2D eigenvalue weighted by Gasteiger charge is -2.36. The van der Waals surface area contributed by atoms with Crippen molar-refractivity contribution < 1.29 is 19.5 Å². The molecule has 0 spiro atoms. The number of para-hydroxylation sites is 1. The van der Waals surface area contributed by atoms with Crippen molar-refractivity contribution in [2.75, 3.05) is 7.05 Å². The van der Waals surface area contributed by atoms with E-state index in [1.165, 1.54) is 4.90 Å². The minimum absolute atomic E-state index is 0.0989. The zero-order valence-electron chi connectivity index (χ0n) is 18.6. The zero-order chi connectivity index (χ0) is 24.7. The van der Waals surface area contributed by atoms with Crippen LogP contribution in [0.2, 0.25) is 10.0 Å². The maximum absolute atomic E-state index is 13.1. The van der Waals surface area contributed by atoms with Gasteiger partial charge in [0.15, 0.2) is 0 Å². The SMILES string of the molecule is CN(C(=O)O)[C@H]1CC[C@@H](c2ccc(Cl)c(Cl)c2)c2cc(C(=O)On3nnc4ccccc43)ccc21. The van der Waals surface area contributed by atoms with Crippen molar-refractivity contribution in [2.45, 2.75) is 24.8 Å². The summed E-state index contributed by atoms with van der Waals surface area (Å²) in [5.74, 6) is -0.705. The van der Waals surface area contributed by atoms with E-state index in [9.17, 15) is 14.7 Å². The Morgan fingerprint density at radius 3 is 2.60 bits per heavy atom. The fourth-order valence-electron chi connectivity index (χ4n) is 4.60. The number of carbonyl (C=O) groups is 2. The lowest BCUT2D eigenvalue weighted by molar-refractivity contribution is 0.0408. The van der Waals surface area contributed by atoms with Gasteiger partial charge in [-0.3, -0.25) is 0 Å². The van der Waals surface area contributed by atoms with Gasteiger partial charge in [0.1, 0.15) is 11.0 Å². The van der Waals surface area contributed by atoms with Crippen LogP contribution in [0, 0.1) is 0 Å². The third-order valence-electron chi connectivity index (χ3n) is 6.39. The minimum atomic E-state index is -1.02. The Morgan fingerprint density at radius 2 is 1.83 bits per heavy atom. The predicted molar refractivity (Wildman–Crippen MR) is 131 cm³/mol. The van der Waals surface area contributed by atoms with Crippen molar-refractivity contribution in [3.8, 4) is 0 Å². The topological polar surface area (TPSA) is 97.6 Å². The molecular formula is C25H20Cl2N4O4. The highest BCUT2D eigenvalue weighted by Crippen LogP contribution is 2.44. The number of amides is 1. The molecule has 0 aliphatic heterocycles. The molecule has 35 heavy (non-hydrogen) atoms. The fraction of sp³-hybridized carbons (Fsp3) is 0.200. The van der Waals surface area contributed by atoms with Crippen LogP contribution >= 0.6 is 23.2 Å². The average molecular weight is 511 g/mol. The lowest BCUT2D eigenvalue weighted by atomic mass is 9.76. The van der Waals surface area contributed by atoms with Gasteiger partial charge in [-0.2, -0.15) is 0 Å². The van der Waals surface area contributed by atoms with Crippen molar-refractivity contribution in [3.63, 3.8) is 0 Å². The average Bonchev–Trinajstić information content (AvgIpc) is 3.27. The molecule has 2 atom stereocenters. The molecule has 0 radical (unpaired) electrons. The minimum Gasteiger partial charge on any atom is -0.465 e. The smallest absolute Gasteiger partial charge is 0.407 e. The van der Waals surface area contributed by atoms with Gasteiger partial charge in [-0.15, -0.1) is 5.10 Å². The molecule has 0 unspecified atom stereocenters. The van der Waals surface area contributed by atoms with Crippen LogP contribution in [0.5, 0.6) is 0 Å². The zero-order valence-corrected chi connectivity index (χ0v) is 20.1. The summed E-state index contributed by atoms with van der Waals surface area (Å²) in [5.41, 5.74) is 4.09. The van der Waals surface area contributed by atoms with E-state index in [2.05, 4.69) is 10.3 Å². The number of fused-ring (bicyclic) bond motifs is 2. The maximum Gasteiger partial charge on any atom is 0.407 e. The number of rotatable bonds is 4. The summed E-state index contributed by atoms with van der Waals surface area (Å²) in [4.78, 5) is 32.6. The molecule has 0 fully saturated rings. The fourth-order valence-corrected chi connectivity index (χ4v) is 4.91. The van der Waals surface area contributed by atoms with E-state index >= 15 is 0 Å². The van der Waals surface area contributed by atoms with Gasteiger partial charge in [-0.05, 0) is 71.1 Å². The summed E-state index contributed by atoms with van der Waals surface area (Å²) < 4.78 is 0. The van der Waals surface area contributed by atoms with Crippen LogP contribution in [0.1, 0.15) is 51.8 Å². The first kappa shape index (κ1) is 23.1. The Bertz CT molecular complexity index is 1450. The van der Waals surface area contributed by atoms with Crippen LogP contribution in [-0.2, 0) is 0 Å². The molecule has 0 saturated carbocycles. The second-order valence-electron chi connectivity index (χ2n) is 8.39. The third-order valence-corrected chi connectivity index (χ3v) is 7.13. The van der Waals surface area contributed by atoms with Crippen molar-refractivity contribution in [1.29, 1.82) is 0 Å². The molecule has 1 heterocycles. The predicted octanol–water partition coefficient (Wildman–Crippen LogP) is 5.58. The van der Waals surface area contributed by atoms with Crippen molar-refractivity contribution in [3.05, 3.63) is 93.0 Å². The van der Waals surface area contributed by atoms with Gasteiger partial charge in [0.05, 0.1) is 21.7 Å². The molecule has 1 amide bonds.